The van der Waals surface area contributed by atoms with Crippen LogP contribution in [0.2, 0.25) is 0 Å². The van der Waals surface area contributed by atoms with Crippen LogP contribution in [0.25, 0.3) is 0 Å². The van der Waals surface area contributed by atoms with Gasteiger partial charge in [-0.1, -0.05) is 54.6 Å². The summed E-state index contributed by atoms with van der Waals surface area (Å²) in [6.07, 6.45) is 0. The second-order valence-electron chi connectivity index (χ2n) is 9.46. The number of amides is 1. The highest BCUT2D eigenvalue weighted by Crippen LogP contribution is 2.36. The fourth-order valence-corrected chi connectivity index (χ4v) is 5.05. The van der Waals surface area contributed by atoms with Crippen LogP contribution in [0.15, 0.2) is 78.9 Å². The molecule has 0 N–H and O–H groups in total. The van der Waals surface area contributed by atoms with E-state index in [-0.39, 0.29) is 17.8 Å². The van der Waals surface area contributed by atoms with Crippen LogP contribution in [-0.2, 0) is 6.54 Å². The molecule has 0 spiro atoms. The fourth-order valence-electron chi connectivity index (χ4n) is 5.05. The van der Waals surface area contributed by atoms with E-state index in [9.17, 15) is 9.18 Å². The van der Waals surface area contributed by atoms with Gasteiger partial charge in [0.2, 0.25) is 0 Å². The molecular weight excluding hydrogens is 411 g/mol. The summed E-state index contributed by atoms with van der Waals surface area (Å²) in [6.45, 7) is 9.52. The summed E-state index contributed by atoms with van der Waals surface area (Å²) in [5.74, 6) is 0.509. The number of carbonyl (C=O) groups excluding carboxylic acids is 1. The molecule has 0 saturated carbocycles. The number of hydrogen-bond acceptors (Lipinski definition) is 2. The lowest BCUT2D eigenvalue weighted by atomic mass is 9.86. The topological polar surface area (TPSA) is 23.6 Å². The van der Waals surface area contributed by atoms with Gasteiger partial charge in [-0.25, -0.2) is 4.39 Å². The molecule has 1 aliphatic heterocycles. The van der Waals surface area contributed by atoms with Crippen LogP contribution in [0, 0.1) is 18.7 Å². The molecule has 0 unspecified atom stereocenters. The minimum Gasteiger partial charge on any atom is -0.336 e. The zero-order chi connectivity index (χ0) is 23.4. The van der Waals surface area contributed by atoms with E-state index in [2.05, 4.69) is 49.9 Å². The first-order valence-electron chi connectivity index (χ1n) is 11.8. The van der Waals surface area contributed by atoms with Crippen molar-refractivity contribution >= 4 is 5.91 Å². The van der Waals surface area contributed by atoms with Gasteiger partial charge in [0, 0.05) is 43.7 Å². The normalized spacial score (nSPS) is 18.6. The van der Waals surface area contributed by atoms with E-state index in [0.717, 1.165) is 24.2 Å². The molecule has 4 heteroatoms. The Hall–Kier alpha value is -2.98. The molecule has 1 heterocycles. The fraction of sp³-hybridized carbons (Fsp3) is 0.345. The van der Waals surface area contributed by atoms with Gasteiger partial charge in [0.05, 0.1) is 0 Å². The molecule has 0 bridgehead atoms. The van der Waals surface area contributed by atoms with Gasteiger partial charge < -0.3 is 4.90 Å². The predicted octanol–water partition coefficient (Wildman–Crippen LogP) is 5.90. The lowest BCUT2D eigenvalue weighted by molar-refractivity contribution is 0.0668. The van der Waals surface area contributed by atoms with E-state index < -0.39 is 0 Å². The van der Waals surface area contributed by atoms with E-state index in [1.54, 1.807) is 12.1 Å². The Balaban J connectivity index is 1.59. The quantitative estimate of drug-likeness (QED) is 0.453. The van der Waals surface area contributed by atoms with Crippen molar-refractivity contribution in [1.29, 1.82) is 0 Å². The Morgan fingerprint density at radius 1 is 1.00 bits per heavy atom. The molecule has 1 fully saturated rings. The smallest absolute Gasteiger partial charge is 0.254 e. The van der Waals surface area contributed by atoms with Gasteiger partial charge in [-0.05, 0) is 67.6 Å². The maximum absolute atomic E-state index is 13.8. The third-order valence-corrected chi connectivity index (χ3v) is 6.74. The molecule has 4 rings (SSSR count). The largest absolute Gasteiger partial charge is 0.336 e. The van der Waals surface area contributed by atoms with Crippen molar-refractivity contribution in [1.82, 2.24) is 9.80 Å². The Labute approximate surface area is 196 Å². The molecule has 1 saturated heterocycles. The molecule has 1 amide bonds. The summed E-state index contributed by atoms with van der Waals surface area (Å²) < 4.78 is 13.8. The van der Waals surface area contributed by atoms with E-state index in [1.807, 2.05) is 41.3 Å². The third-order valence-electron chi connectivity index (χ3n) is 6.74. The van der Waals surface area contributed by atoms with Crippen molar-refractivity contribution in [3.8, 4) is 0 Å². The molecule has 3 aromatic carbocycles. The number of likely N-dealkylation sites (tertiary alicyclic amines) is 1. The minimum atomic E-state index is -0.196. The average molecular weight is 445 g/mol. The molecule has 0 aliphatic carbocycles. The molecule has 3 aromatic rings. The van der Waals surface area contributed by atoms with E-state index in [0.29, 0.717) is 24.9 Å². The Morgan fingerprint density at radius 2 is 1.73 bits per heavy atom. The van der Waals surface area contributed by atoms with Crippen molar-refractivity contribution in [2.75, 3.05) is 19.6 Å². The van der Waals surface area contributed by atoms with Crippen LogP contribution in [0.1, 0.15) is 46.8 Å². The van der Waals surface area contributed by atoms with Gasteiger partial charge in [0.25, 0.3) is 5.91 Å². The second-order valence-corrected chi connectivity index (χ2v) is 9.46. The summed E-state index contributed by atoms with van der Waals surface area (Å²) in [4.78, 5) is 17.8. The predicted molar refractivity (Wildman–Crippen MR) is 132 cm³/mol. The zero-order valence-electron chi connectivity index (χ0n) is 19.7. The van der Waals surface area contributed by atoms with Crippen LogP contribution in [0.5, 0.6) is 0 Å². The van der Waals surface area contributed by atoms with Gasteiger partial charge in [0.15, 0.2) is 0 Å². The lowest BCUT2D eigenvalue weighted by Crippen LogP contribution is -2.42. The molecular formula is C29H33FN2O. The van der Waals surface area contributed by atoms with Crippen molar-refractivity contribution < 1.29 is 9.18 Å². The second kappa shape index (κ2) is 10.3. The molecule has 33 heavy (non-hydrogen) atoms. The van der Waals surface area contributed by atoms with E-state index in [4.69, 9.17) is 0 Å². The average Bonchev–Trinajstić information content (AvgIpc) is 3.19. The maximum Gasteiger partial charge on any atom is 0.254 e. The number of halogens is 1. The molecule has 3 nitrogen and oxygen atoms in total. The highest BCUT2D eigenvalue weighted by atomic mass is 19.1. The summed E-state index contributed by atoms with van der Waals surface area (Å²) >= 11 is 0. The van der Waals surface area contributed by atoms with Gasteiger partial charge >= 0.3 is 0 Å². The first kappa shape index (κ1) is 23.2. The van der Waals surface area contributed by atoms with Gasteiger partial charge in [-0.15, -0.1) is 0 Å². The summed E-state index contributed by atoms with van der Waals surface area (Å²) in [6, 6.07) is 25.1. The van der Waals surface area contributed by atoms with Crippen molar-refractivity contribution in [2.24, 2.45) is 5.92 Å². The standard InChI is InChI=1S/C29H33FN2O/c1-21(2)32(29(33)24-12-5-4-6-13-24)19-25-18-31(17-23-11-9-14-26(30)16-23)20-28(25)27-15-8-7-10-22(27)3/h4-16,21,25,28H,17-20H2,1-3H3/t25-,28-/m1/s1. The first-order chi connectivity index (χ1) is 15.9. The van der Waals surface area contributed by atoms with E-state index >= 15 is 0 Å². The third kappa shape index (κ3) is 5.51. The highest BCUT2D eigenvalue weighted by Gasteiger charge is 2.37. The van der Waals surface area contributed by atoms with Crippen LogP contribution in [0.4, 0.5) is 4.39 Å². The van der Waals surface area contributed by atoms with Crippen molar-refractivity contribution in [3.63, 3.8) is 0 Å². The van der Waals surface area contributed by atoms with E-state index in [1.165, 1.54) is 17.2 Å². The number of aryl methyl sites for hydroxylation is 1. The zero-order valence-corrected chi connectivity index (χ0v) is 19.7. The van der Waals surface area contributed by atoms with Crippen molar-refractivity contribution in [2.45, 2.75) is 39.3 Å². The molecule has 1 aliphatic rings. The number of hydrogen-bond donors (Lipinski definition) is 0. The highest BCUT2D eigenvalue weighted by molar-refractivity contribution is 5.94. The summed E-state index contributed by atoms with van der Waals surface area (Å²) in [5, 5.41) is 0. The number of rotatable bonds is 7. The summed E-state index contributed by atoms with van der Waals surface area (Å²) in [7, 11) is 0. The molecule has 172 valence electrons. The summed E-state index contributed by atoms with van der Waals surface area (Å²) in [5.41, 5.74) is 4.35. The van der Waals surface area contributed by atoms with Crippen LogP contribution in [0.3, 0.4) is 0 Å². The molecule has 2 atom stereocenters. The van der Waals surface area contributed by atoms with Crippen LogP contribution >= 0.6 is 0 Å². The SMILES string of the molecule is Cc1ccccc1[C@@H]1CN(Cc2cccc(F)c2)C[C@@H]1CN(C(=O)c1ccccc1)C(C)C. The molecule has 0 radical (unpaired) electrons. The van der Waals surface area contributed by atoms with Crippen LogP contribution in [-0.4, -0.2) is 41.4 Å². The number of benzene rings is 3. The van der Waals surface area contributed by atoms with Gasteiger partial charge in [0.1, 0.15) is 5.82 Å². The number of carbonyl (C=O) groups is 1. The van der Waals surface area contributed by atoms with Crippen LogP contribution < -0.4 is 0 Å². The van der Waals surface area contributed by atoms with Gasteiger partial charge in [-0.2, -0.15) is 0 Å². The lowest BCUT2D eigenvalue weighted by Gasteiger charge is -2.32. The monoisotopic (exact) mass is 444 g/mol. The Bertz CT molecular complexity index is 1080. The van der Waals surface area contributed by atoms with Crippen molar-refractivity contribution in [3.05, 3.63) is 107 Å². The minimum absolute atomic E-state index is 0.0812. The molecule has 0 aromatic heterocycles. The first-order valence-corrected chi connectivity index (χ1v) is 11.8. The number of nitrogens with zero attached hydrogens (tertiary/aromatic N) is 2. The van der Waals surface area contributed by atoms with Gasteiger partial charge in [-0.3, -0.25) is 9.69 Å². The Morgan fingerprint density at radius 3 is 2.42 bits per heavy atom. The maximum atomic E-state index is 13.8. The Kier molecular flexibility index (Phi) is 7.24.